The van der Waals surface area contributed by atoms with Crippen molar-refractivity contribution >= 4 is 34.8 Å². The second-order valence-corrected chi connectivity index (χ2v) is 7.45. The van der Waals surface area contributed by atoms with Crippen LogP contribution < -0.4 is 5.32 Å². The topological polar surface area (TPSA) is 68.0 Å². The zero-order chi connectivity index (χ0) is 20.9. The summed E-state index contributed by atoms with van der Waals surface area (Å²) in [6.07, 6.45) is 0.539. The highest BCUT2D eigenvalue weighted by atomic mass is 35.5. The Bertz CT molecular complexity index is 1160. The highest BCUT2D eigenvalue weighted by molar-refractivity contribution is 6.42. The van der Waals surface area contributed by atoms with Gasteiger partial charge in [-0.15, -0.1) is 0 Å². The predicted octanol–water partition coefficient (Wildman–Crippen LogP) is 6.28. The number of amides is 1. The van der Waals surface area contributed by atoms with Gasteiger partial charge in [-0.05, 0) is 29.3 Å². The van der Waals surface area contributed by atoms with Crippen molar-refractivity contribution in [1.29, 1.82) is 0 Å². The summed E-state index contributed by atoms with van der Waals surface area (Å²) in [4.78, 5) is 16.5. The summed E-state index contributed by atoms with van der Waals surface area (Å²) in [7, 11) is 0. The van der Waals surface area contributed by atoms with E-state index in [-0.39, 0.29) is 12.3 Å². The molecule has 1 N–H and O–H groups in total. The summed E-state index contributed by atoms with van der Waals surface area (Å²) in [5, 5.41) is 7.61. The lowest BCUT2D eigenvalue weighted by Crippen LogP contribution is -2.12. The molecule has 3 aromatic carbocycles. The standard InChI is InChI=1S/C23H17Cl2N3O2/c24-19-11-10-18(14-20(19)25)26-21(29)12-13-22-27-23(28-30-22)17-8-6-16(7-9-17)15-4-2-1-3-5-15/h1-11,14H,12-13H2,(H,26,29). The number of hydrogen-bond donors (Lipinski definition) is 1. The number of hydrogen-bond acceptors (Lipinski definition) is 4. The number of aromatic nitrogens is 2. The van der Waals surface area contributed by atoms with Crippen LogP contribution in [0.5, 0.6) is 0 Å². The van der Waals surface area contributed by atoms with E-state index >= 15 is 0 Å². The van der Waals surface area contributed by atoms with Gasteiger partial charge in [-0.1, -0.05) is 83.0 Å². The minimum atomic E-state index is -0.180. The van der Waals surface area contributed by atoms with Gasteiger partial charge in [0.25, 0.3) is 0 Å². The first-order valence-corrected chi connectivity index (χ1v) is 10.1. The molecule has 0 unspecified atom stereocenters. The van der Waals surface area contributed by atoms with Crippen LogP contribution in [0.2, 0.25) is 10.0 Å². The van der Waals surface area contributed by atoms with Crippen molar-refractivity contribution in [1.82, 2.24) is 10.1 Å². The van der Waals surface area contributed by atoms with Crippen molar-refractivity contribution < 1.29 is 9.32 Å². The van der Waals surface area contributed by atoms with E-state index in [2.05, 4.69) is 27.6 Å². The predicted molar refractivity (Wildman–Crippen MR) is 119 cm³/mol. The molecule has 0 fully saturated rings. The number of halogens is 2. The van der Waals surface area contributed by atoms with Crippen LogP contribution in [0.3, 0.4) is 0 Å². The first-order chi connectivity index (χ1) is 14.6. The molecule has 4 rings (SSSR count). The number of carbonyl (C=O) groups excluding carboxylic acids is 1. The van der Waals surface area contributed by atoms with Crippen LogP contribution in [0.25, 0.3) is 22.5 Å². The van der Waals surface area contributed by atoms with Gasteiger partial charge in [-0.25, -0.2) is 0 Å². The fourth-order valence-electron chi connectivity index (χ4n) is 2.93. The van der Waals surface area contributed by atoms with Gasteiger partial charge in [0.15, 0.2) is 0 Å². The summed E-state index contributed by atoms with van der Waals surface area (Å²) in [5.74, 6) is 0.719. The summed E-state index contributed by atoms with van der Waals surface area (Å²) in [6, 6.07) is 23.0. The largest absolute Gasteiger partial charge is 0.339 e. The lowest BCUT2D eigenvalue weighted by atomic mass is 10.0. The Morgan fingerprint density at radius 3 is 2.30 bits per heavy atom. The number of anilines is 1. The SMILES string of the molecule is O=C(CCc1nc(-c2ccc(-c3ccccc3)cc2)no1)Nc1ccc(Cl)c(Cl)c1. The highest BCUT2D eigenvalue weighted by Gasteiger charge is 2.12. The van der Waals surface area contributed by atoms with Crippen LogP contribution in [0.15, 0.2) is 77.3 Å². The molecule has 0 bridgehead atoms. The Labute approximate surface area is 183 Å². The molecule has 0 saturated heterocycles. The third-order valence-corrected chi connectivity index (χ3v) is 5.23. The van der Waals surface area contributed by atoms with Crippen LogP contribution in [0.1, 0.15) is 12.3 Å². The maximum absolute atomic E-state index is 12.2. The van der Waals surface area contributed by atoms with Gasteiger partial charge >= 0.3 is 0 Å². The number of nitrogens with one attached hydrogen (secondary N) is 1. The maximum Gasteiger partial charge on any atom is 0.227 e. The van der Waals surface area contributed by atoms with Crippen LogP contribution in [0.4, 0.5) is 5.69 Å². The van der Waals surface area contributed by atoms with Crippen molar-refractivity contribution in [2.24, 2.45) is 0 Å². The Morgan fingerprint density at radius 1 is 0.867 bits per heavy atom. The third-order valence-electron chi connectivity index (χ3n) is 4.49. The average Bonchev–Trinajstić information content (AvgIpc) is 3.25. The summed E-state index contributed by atoms with van der Waals surface area (Å²) >= 11 is 11.8. The minimum Gasteiger partial charge on any atom is -0.339 e. The fraction of sp³-hybridized carbons (Fsp3) is 0.0870. The van der Waals surface area contributed by atoms with Gasteiger partial charge in [0, 0.05) is 24.1 Å². The first kappa shape index (κ1) is 20.1. The average molecular weight is 438 g/mol. The van der Waals surface area contributed by atoms with Crippen molar-refractivity contribution in [3.8, 4) is 22.5 Å². The van der Waals surface area contributed by atoms with E-state index in [1.54, 1.807) is 18.2 Å². The number of carbonyl (C=O) groups is 1. The molecule has 0 aliphatic rings. The van der Waals surface area contributed by atoms with Crippen LogP contribution in [-0.2, 0) is 11.2 Å². The lowest BCUT2D eigenvalue weighted by molar-refractivity contribution is -0.116. The Kier molecular flexibility index (Phi) is 6.12. The monoisotopic (exact) mass is 437 g/mol. The number of benzene rings is 3. The molecule has 0 saturated carbocycles. The normalized spacial score (nSPS) is 10.7. The van der Waals surface area contributed by atoms with E-state index < -0.39 is 0 Å². The van der Waals surface area contributed by atoms with Gasteiger partial charge in [0.05, 0.1) is 10.0 Å². The first-order valence-electron chi connectivity index (χ1n) is 9.32. The van der Waals surface area contributed by atoms with Crippen LogP contribution in [0, 0.1) is 0 Å². The van der Waals surface area contributed by atoms with E-state index in [1.165, 1.54) is 0 Å². The Morgan fingerprint density at radius 2 is 1.57 bits per heavy atom. The van der Waals surface area contributed by atoms with E-state index in [9.17, 15) is 4.79 Å². The Balaban J connectivity index is 1.36. The van der Waals surface area contributed by atoms with Crippen molar-refractivity contribution in [3.63, 3.8) is 0 Å². The second kappa shape index (κ2) is 9.11. The molecule has 0 aliphatic carbocycles. The molecule has 1 heterocycles. The molecular formula is C23H17Cl2N3O2. The van der Waals surface area contributed by atoms with Crippen molar-refractivity contribution in [2.45, 2.75) is 12.8 Å². The van der Waals surface area contributed by atoms with Crippen molar-refractivity contribution in [3.05, 3.63) is 88.7 Å². The van der Waals surface area contributed by atoms with E-state index in [4.69, 9.17) is 27.7 Å². The molecule has 5 nitrogen and oxygen atoms in total. The van der Waals surface area contributed by atoms with Gasteiger partial charge in [-0.2, -0.15) is 4.98 Å². The molecular weight excluding hydrogens is 421 g/mol. The second-order valence-electron chi connectivity index (χ2n) is 6.63. The molecule has 0 radical (unpaired) electrons. The quantitative estimate of drug-likeness (QED) is 0.385. The van der Waals surface area contributed by atoms with Gasteiger partial charge in [-0.3, -0.25) is 4.79 Å². The third kappa shape index (κ3) is 4.87. The molecule has 7 heteroatoms. The fourth-order valence-corrected chi connectivity index (χ4v) is 3.23. The zero-order valence-electron chi connectivity index (χ0n) is 15.8. The summed E-state index contributed by atoms with van der Waals surface area (Å²) < 4.78 is 5.29. The van der Waals surface area contributed by atoms with Crippen LogP contribution in [-0.4, -0.2) is 16.0 Å². The number of rotatable bonds is 6. The summed E-state index contributed by atoms with van der Waals surface area (Å²) in [6.45, 7) is 0. The smallest absolute Gasteiger partial charge is 0.227 e. The molecule has 1 amide bonds. The number of aryl methyl sites for hydroxylation is 1. The minimum absolute atomic E-state index is 0.180. The summed E-state index contributed by atoms with van der Waals surface area (Å²) in [5.41, 5.74) is 3.69. The van der Waals surface area contributed by atoms with Crippen molar-refractivity contribution in [2.75, 3.05) is 5.32 Å². The molecule has 1 aromatic heterocycles. The highest BCUT2D eigenvalue weighted by Crippen LogP contribution is 2.25. The lowest BCUT2D eigenvalue weighted by Gasteiger charge is -2.05. The van der Waals surface area contributed by atoms with Gasteiger partial charge in [0.2, 0.25) is 17.6 Å². The number of nitrogens with zero attached hydrogens (tertiary/aromatic N) is 2. The molecule has 0 spiro atoms. The maximum atomic E-state index is 12.2. The molecule has 30 heavy (non-hydrogen) atoms. The molecule has 150 valence electrons. The Hall–Kier alpha value is -3.15. The molecule has 4 aromatic rings. The van der Waals surface area contributed by atoms with E-state index in [1.807, 2.05) is 42.5 Å². The van der Waals surface area contributed by atoms with E-state index in [0.717, 1.165) is 16.7 Å². The van der Waals surface area contributed by atoms with E-state index in [0.29, 0.717) is 33.9 Å². The van der Waals surface area contributed by atoms with Gasteiger partial charge < -0.3 is 9.84 Å². The molecule has 0 atom stereocenters. The van der Waals surface area contributed by atoms with Gasteiger partial charge in [0.1, 0.15) is 0 Å². The zero-order valence-corrected chi connectivity index (χ0v) is 17.3. The van der Waals surface area contributed by atoms with Crippen LogP contribution >= 0.6 is 23.2 Å². The molecule has 0 aliphatic heterocycles.